The summed E-state index contributed by atoms with van der Waals surface area (Å²) in [6, 6.07) is 0.665. The molecule has 4 rings (SSSR count). The minimum Gasteiger partial charge on any atom is -0.457 e. The van der Waals surface area contributed by atoms with Gasteiger partial charge < -0.3 is 33.6 Å². The number of aliphatic hydroxyl groups excluding tert-OH is 2. The monoisotopic (exact) mass is 732 g/mol. The summed E-state index contributed by atoms with van der Waals surface area (Å²) in [5.74, 6) is -0.309. The number of ether oxygens (including phenoxy) is 4. The molecule has 0 radical (unpaired) electrons. The number of methoxy groups -OCH3 is 1. The Labute approximate surface area is 314 Å². The topological polar surface area (TPSA) is 118 Å². The van der Waals surface area contributed by atoms with E-state index in [1.807, 2.05) is 63.8 Å². The third-order valence-electron chi connectivity index (χ3n) is 12.7. The molecule has 10 nitrogen and oxygen atoms in total. The van der Waals surface area contributed by atoms with Gasteiger partial charge in [-0.2, -0.15) is 0 Å². The summed E-state index contributed by atoms with van der Waals surface area (Å²) in [7, 11) is 3.97. The Hall–Kier alpha value is -2.24. The predicted octanol–water partition coefficient (Wildman–Crippen LogP) is 6.73. The number of aliphatic hydroxyl groups is 2. The third-order valence-corrected chi connectivity index (χ3v) is 12.7. The summed E-state index contributed by atoms with van der Waals surface area (Å²) in [5.41, 5.74) is -0.0425. The quantitative estimate of drug-likeness (QED) is 0.0600. The zero-order valence-corrected chi connectivity index (χ0v) is 33.5. The van der Waals surface area contributed by atoms with E-state index < -0.39 is 29.9 Å². The predicted molar refractivity (Wildman–Crippen MR) is 204 cm³/mol. The number of allylic oxidation sites excluding steroid dienone is 3. The van der Waals surface area contributed by atoms with Crippen LogP contribution in [0.3, 0.4) is 0 Å². The highest BCUT2D eigenvalue weighted by atomic mass is 16.6. The Morgan fingerprint density at radius 1 is 1.13 bits per heavy atom. The van der Waals surface area contributed by atoms with E-state index in [1.165, 1.54) is 38.5 Å². The molecule has 10 atom stereocenters. The van der Waals surface area contributed by atoms with Crippen molar-refractivity contribution in [3.8, 4) is 0 Å². The highest BCUT2D eigenvalue weighted by Gasteiger charge is 2.45. The number of hydrogen-bond acceptors (Lipinski definition) is 8. The lowest BCUT2D eigenvalue weighted by Crippen LogP contribution is -2.62. The van der Waals surface area contributed by atoms with Gasteiger partial charge in [0.05, 0.1) is 70.1 Å². The first-order chi connectivity index (χ1) is 24.7. The second kappa shape index (κ2) is 19.4. The normalized spacial score (nSPS) is 34.4. The van der Waals surface area contributed by atoms with Crippen LogP contribution in [0.1, 0.15) is 112 Å². The van der Waals surface area contributed by atoms with E-state index in [1.54, 1.807) is 7.11 Å². The molecule has 52 heavy (non-hydrogen) atoms. The lowest BCUT2D eigenvalue weighted by Gasteiger charge is -2.47. The molecule has 3 fully saturated rings. The van der Waals surface area contributed by atoms with E-state index in [-0.39, 0.29) is 48.6 Å². The molecule has 2 N–H and O–H groups in total. The third kappa shape index (κ3) is 11.6. The number of piperazine rings is 1. The van der Waals surface area contributed by atoms with Gasteiger partial charge in [0, 0.05) is 18.9 Å². The first kappa shape index (κ1) is 42.5. The van der Waals surface area contributed by atoms with Crippen LogP contribution in [-0.4, -0.2) is 120 Å². The molecule has 2 saturated heterocycles. The van der Waals surface area contributed by atoms with E-state index in [9.17, 15) is 19.8 Å². The highest BCUT2D eigenvalue weighted by molar-refractivity contribution is 5.70. The van der Waals surface area contributed by atoms with Crippen molar-refractivity contribution in [3.05, 3.63) is 36.0 Å². The largest absolute Gasteiger partial charge is 0.457 e. The molecule has 1 aliphatic carbocycles. The molecule has 0 unspecified atom stereocenters. The van der Waals surface area contributed by atoms with E-state index >= 15 is 0 Å². The standard InChI is InChI=1S/C42H71N2O8/c1-9-35(46)32(5)40-36(50-40)27-29(2)15-14-16-30(3)39-31(4)19-20-37(42(6,49-8)22-21-34(45)28-38(47)52-39)51-41(48)43-23-25-44(7,26-24-43)33-17-12-10-11-13-18-33/h14-16,19-20,29,31-37,39-40,45-46H,9-13,17-18,21-28H2,1-8H3/q+1/t29-,31+,32-,34-,35+,36-,37+,39-,40-,42-/m1/s1. The maximum Gasteiger partial charge on any atom is 0.410 e. The number of esters is 1. The molecule has 0 aromatic heterocycles. The van der Waals surface area contributed by atoms with E-state index in [4.69, 9.17) is 18.9 Å². The number of epoxide rings is 1. The van der Waals surface area contributed by atoms with E-state index in [2.05, 4.69) is 20.0 Å². The number of cyclic esters (lactones) is 1. The zero-order chi connectivity index (χ0) is 38.1. The molecule has 3 aliphatic heterocycles. The summed E-state index contributed by atoms with van der Waals surface area (Å²) < 4.78 is 25.2. The summed E-state index contributed by atoms with van der Waals surface area (Å²) in [4.78, 5) is 28.6. The van der Waals surface area contributed by atoms with Crippen LogP contribution in [0.5, 0.6) is 0 Å². The van der Waals surface area contributed by atoms with Gasteiger partial charge in [-0.05, 0) is 82.8 Å². The van der Waals surface area contributed by atoms with Crippen LogP contribution in [0.25, 0.3) is 0 Å². The highest BCUT2D eigenvalue weighted by Crippen LogP contribution is 2.37. The molecular weight excluding hydrogens is 660 g/mol. The fourth-order valence-corrected chi connectivity index (χ4v) is 8.53. The lowest BCUT2D eigenvalue weighted by molar-refractivity contribution is -0.937. The molecule has 3 heterocycles. The van der Waals surface area contributed by atoms with Gasteiger partial charge in [-0.1, -0.05) is 64.8 Å². The average molecular weight is 732 g/mol. The summed E-state index contributed by atoms with van der Waals surface area (Å²) in [6.07, 6.45) is 17.3. The van der Waals surface area contributed by atoms with Gasteiger partial charge in [-0.25, -0.2) is 4.79 Å². The van der Waals surface area contributed by atoms with Crippen LogP contribution in [0.4, 0.5) is 4.79 Å². The summed E-state index contributed by atoms with van der Waals surface area (Å²) >= 11 is 0. The first-order valence-electron chi connectivity index (χ1n) is 20.3. The van der Waals surface area contributed by atoms with Crippen LogP contribution in [-0.2, 0) is 23.7 Å². The van der Waals surface area contributed by atoms with Gasteiger partial charge in [0.15, 0.2) is 6.10 Å². The number of nitrogens with zero attached hydrogens (tertiary/aromatic N) is 2. The number of carbonyl (C=O) groups is 2. The van der Waals surface area contributed by atoms with Gasteiger partial charge in [-0.3, -0.25) is 9.69 Å². The van der Waals surface area contributed by atoms with Gasteiger partial charge >= 0.3 is 12.1 Å². The fraction of sp³-hybridized carbons (Fsp3) is 0.810. The number of likely N-dealkylation sites (N-methyl/N-ethyl adjacent to an activating group) is 1. The first-order valence-corrected chi connectivity index (χ1v) is 20.3. The molecule has 0 bridgehead atoms. The second-order valence-corrected chi connectivity index (χ2v) is 16.9. The van der Waals surface area contributed by atoms with Crippen LogP contribution in [0.2, 0.25) is 0 Å². The molecule has 1 amide bonds. The molecule has 0 aromatic rings. The van der Waals surface area contributed by atoms with Crippen molar-refractivity contribution >= 4 is 12.1 Å². The van der Waals surface area contributed by atoms with Crippen LogP contribution in [0, 0.1) is 17.8 Å². The van der Waals surface area contributed by atoms with Crippen molar-refractivity contribution in [1.82, 2.24) is 4.90 Å². The van der Waals surface area contributed by atoms with Crippen molar-refractivity contribution in [2.75, 3.05) is 40.3 Å². The van der Waals surface area contributed by atoms with Crippen molar-refractivity contribution in [1.29, 1.82) is 0 Å². The Morgan fingerprint density at radius 3 is 2.44 bits per heavy atom. The fourth-order valence-electron chi connectivity index (χ4n) is 8.53. The number of hydrogen-bond donors (Lipinski definition) is 2. The molecule has 1 saturated carbocycles. The molecule has 0 aromatic carbocycles. The van der Waals surface area contributed by atoms with Crippen molar-refractivity contribution < 1.29 is 43.2 Å². The number of quaternary nitrogens is 1. The number of carbonyl (C=O) groups excluding carboxylic acids is 2. The Morgan fingerprint density at radius 2 is 1.81 bits per heavy atom. The van der Waals surface area contributed by atoms with Crippen LogP contribution < -0.4 is 0 Å². The molecular formula is C42H71N2O8+. The molecule has 296 valence electrons. The second-order valence-electron chi connectivity index (χ2n) is 16.9. The van der Waals surface area contributed by atoms with Crippen LogP contribution in [0.15, 0.2) is 36.0 Å². The van der Waals surface area contributed by atoms with Crippen molar-refractivity contribution in [2.45, 2.75) is 160 Å². The Balaban J connectivity index is 1.44. The Bertz CT molecular complexity index is 1240. The Kier molecular flexibility index (Phi) is 15.8. The zero-order valence-electron chi connectivity index (χ0n) is 33.5. The van der Waals surface area contributed by atoms with E-state index in [0.717, 1.165) is 36.0 Å². The van der Waals surface area contributed by atoms with Gasteiger partial charge in [0.1, 0.15) is 11.7 Å². The van der Waals surface area contributed by atoms with E-state index in [0.29, 0.717) is 32.0 Å². The smallest absolute Gasteiger partial charge is 0.410 e. The number of amides is 1. The molecule has 0 spiro atoms. The van der Waals surface area contributed by atoms with Crippen LogP contribution >= 0.6 is 0 Å². The van der Waals surface area contributed by atoms with Gasteiger partial charge in [-0.15, -0.1) is 0 Å². The lowest BCUT2D eigenvalue weighted by atomic mass is 9.88. The maximum absolute atomic E-state index is 13.7. The average Bonchev–Trinajstić information content (AvgIpc) is 3.93. The van der Waals surface area contributed by atoms with Crippen molar-refractivity contribution in [3.63, 3.8) is 0 Å². The summed E-state index contributed by atoms with van der Waals surface area (Å²) in [6.45, 7) is 15.2. The summed E-state index contributed by atoms with van der Waals surface area (Å²) in [5, 5.41) is 21.1. The SMILES string of the molecule is CC[C@H](O)[C@@H](C)[C@H]1O[C@@H]1C[C@H](C)C=CC=C(C)[C@H]1OC(=O)C[C@H](O)CC[C@@](C)(OC)[C@@H](OC(=O)N2CC[N+](C)(C3CCCCCC3)CC2)C=C[C@@H]1C. The number of rotatable bonds is 11. The van der Waals surface area contributed by atoms with Gasteiger partial charge in [0.25, 0.3) is 0 Å². The maximum atomic E-state index is 13.7. The van der Waals surface area contributed by atoms with Gasteiger partial charge in [0.2, 0.25) is 0 Å². The van der Waals surface area contributed by atoms with Crippen molar-refractivity contribution in [2.24, 2.45) is 17.8 Å². The molecule has 10 heteroatoms. The minimum atomic E-state index is -0.918. The molecule has 4 aliphatic rings. The minimum absolute atomic E-state index is 0.107.